The van der Waals surface area contributed by atoms with Crippen molar-refractivity contribution in [2.75, 3.05) is 9.80 Å². The molecule has 0 bridgehead atoms. The minimum atomic E-state index is 0.494. The summed E-state index contributed by atoms with van der Waals surface area (Å²) in [5, 5.41) is 9.75. The van der Waals surface area contributed by atoms with Gasteiger partial charge in [0.2, 0.25) is 5.71 Å². The van der Waals surface area contributed by atoms with Crippen LogP contribution in [0.5, 0.6) is 0 Å². The Balaban J connectivity index is 0.961. The van der Waals surface area contributed by atoms with E-state index in [0.29, 0.717) is 17.1 Å². The zero-order chi connectivity index (χ0) is 40.0. The Kier molecular flexibility index (Phi) is 7.17. The van der Waals surface area contributed by atoms with Gasteiger partial charge < -0.3 is 18.2 Å². The van der Waals surface area contributed by atoms with Crippen molar-refractivity contribution < 1.29 is 13.3 Å². The predicted molar refractivity (Wildman–Crippen MR) is 248 cm³/mol. The van der Waals surface area contributed by atoms with E-state index in [1.807, 2.05) is 48.7 Å². The van der Waals surface area contributed by atoms with E-state index in [0.717, 1.165) is 99.4 Å². The quantitative estimate of drug-likeness (QED) is 0.166. The second kappa shape index (κ2) is 13.0. The van der Waals surface area contributed by atoms with Crippen LogP contribution in [0.2, 0.25) is 0 Å². The first-order valence-electron chi connectivity index (χ1n) is 20.3. The molecule has 0 atom stereocenters. The van der Waals surface area contributed by atoms with Crippen molar-refractivity contribution in [3.63, 3.8) is 0 Å². The zero-order valence-corrected chi connectivity index (χ0v) is 32.5. The van der Waals surface area contributed by atoms with Gasteiger partial charge in [0.1, 0.15) is 33.7 Å². The van der Waals surface area contributed by atoms with Gasteiger partial charge in [0.25, 0.3) is 0 Å². The van der Waals surface area contributed by atoms with Crippen LogP contribution >= 0.6 is 0 Å². The van der Waals surface area contributed by atoms with Crippen LogP contribution in [0.1, 0.15) is 0 Å². The molecule has 0 aliphatic rings. The summed E-state index contributed by atoms with van der Waals surface area (Å²) in [6.07, 6.45) is 1.91. The third-order valence-electron chi connectivity index (χ3n) is 11.9. The second-order valence-corrected chi connectivity index (χ2v) is 15.5. The highest BCUT2D eigenvalue weighted by Crippen LogP contribution is 2.43. The molecule has 0 aliphatic carbocycles. The topological polar surface area (TPSA) is 71.7 Å². The van der Waals surface area contributed by atoms with E-state index in [4.69, 9.17) is 23.2 Å². The van der Waals surface area contributed by atoms with Crippen molar-refractivity contribution in [1.29, 1.82) is 0 Å². The van der Waals surface area contributed by atoms with Crippen LogP contribution in [-0.2, 0) is 0 Å². The monoisotopic (exact) mass is 784 g/mol. The van der Waals surface area contributed by atoms with E-state index in [9.17, 15) is 0 Å². The first kappa shape index (κ1) is 33.5. The summed E-state index contributed by atoms with van der Waals surface area (Å²) in [6.45, 7) is 0. The molecule has 0 spiro atoms. The van der Waals surface area contributed by atoms with E-state index >= 15 is 0 Å². The molecule has 13 aromatic rings. The molecule has 0 unspecified atom stereocenters. The number of nitrogens with zero attached hydrogens (tertiary/aromatic N) is 4. The van der Waals surface area contributed by atoms with Crippen molar-refractivity contribution in [2.24, 2.45) is 0 Å². The molecule has 7 heteroatoms. The fourth-order valence-electron chi connectivity index (χ4n) is 8.95. The van der Waals surface area contributed by atoms with Crippen LogP contribution in [-0.4, -0.2) is 9.97 Å². The van der Waals surface area contributed by atoms with Crippen molar-refractivity contribution in [3.05, 3.63) is 194 Å². The summed E-state index contributed by atoms with van der Waals surface area (Å²) < 4.78 is 19.4. The maximum Gasteiger partial charge on any atom is 0.230 e. The molecule has 0 radical (unpaired) electrons. The molecular weight excluding hydrogens is 753 g/mol. The summed E-state index contributed by atoms with van der Waals surface area (Å²) in [7, 11) is 0. The first-order valence-corrected chi connectivity index (χ1v) is 20.3. The number of para-hydroxylation sites is 2. The van der Waals surface area contributed by atoms with Gasteiger partial charge >= 0.3 is 0 Å². The number of rotatable bonds is 6. The van der Waals surface area contributed by atoms with Crippen molar-refractivity contribution >= 4 is 122 Å². The Morgan fingerprint density at radius 2 is 0.803 bits per heavy atom. The van der Waals surface area contributed by atoms with Crippen LogP contribution in [0.3, 0.4) is 0 Å². The molecule has 0 N–H and O–H groups in total. The molecule has 13 rings (SSSR count). The Hall–Kier alpha value is -8.42. The van der Waals surface area contributed by atoms with Crippen LogP contribution in [0.15, 0.2) is 208 Å². The van der Waals surface area contributed by atoms with Gasteiger partial charge in [-0.15, -0.1) is 0 Å². The fourth-order valence-corrected chi connectivity index (χ4v) is 8.95. The lowest BCUT2D eigenvalue weighted by atomic mass is 10.1. The Labute approximate surface area is 347 Å². The van der Waals surface area contributed by atoms with Crippen molar-refractivity contribution in [2.45, 2.75) is 0 Å². The summed E-state index contributed by atoms with van der Waals surface area (Å²) in [5.41, 5.74) is 9.85. The third-order valence-corrected chi connectivity index (χ3v) is 11.9. The summed E-state index contributed by atoms with van der Waals surface area (Å²) in [4.78, 5) is 14.6. The van der Waals surface area contributed by atoms with Gasteiger partial charge in [-0.25, -0.2) is 4.98 Å². The molecule has 5 aromatic heterocycles. The number of benzene rings is 8. The zero-order valence-electron chi connectivity index (χ0n) is 32.5. The molecule has 0 amide bonds. The Bertz CT molecular complexity index is 3630. The number of anilines is 6. The van der Waals surface area contributed by atoms with E-state index in [1.165, 1.54) is 5.39 Å². The summed E-state index contributed by atoms with van der Waals surface area (Å²) in [5.74, 6) is 0.703. The molecule has 0 fully saturated rings. The molecule has 7 nitrogen and oxygen atoms in total. The number of pyridine rings is 2. The number of hydrogen-bond acceptors (Lipinski definition) is 7. The molecule has 8 aromatic carbocycles. The normalized spacial score (nSPS) is 11.9. The molecule has 61 heavy (non-hydrogen) atoms. The van der Waals surface area contributed by atoms with Gasteiger partial charge in [-0.1, -0.05) is 97.1 Å². The lowest BCUT2D eigenvalue weighted by Crippen LogP contribution is -2.11. The van der Waals surface area contributed by atoms with Crippen LogP contribution in [0.4, 0.5) is 34.3 Å². The minimum absolute atomic E-state index is 0.494. The van der Waals surface area contributed by atoms with Gasteiger partial charge in [-0.3, -0.25) is 4.90 Å². The minimum Gasteiger partial charge on any atom is -0.456 e. The fraction of sp³-hybridized carbons (Fsp3) is 0. The lowest BCUT2D eigenvalue weighted by molar-refractivity contribution is 0.653. The van der Waals surface area contributed by atoms with Crippen LogP contribution in [0, 0.1) is 0 Å². The number of aromatic nitrogens is 2. The maximum absolute atomic E-state index is 6.67. The van der Waals surface area contributed by atoms with E-state index in [2.05, 4.69) is 155 Å². The van der Waals surface area contributed by atoms with Crippen molar-refractivity contribution in [1.82, 2.24) is 9.97 Å². The highest BCUT2D eigenvalue weighted by atomic mass is 16.3. The molecule has 286 valence electrons. The smallest absolute Gasteiger partial charge is 0.230 e. The van der Waals surface area contributed by atoms with Crippen LogP contribution < -0.4 is 9.80 Å². The average molecular weight is 785 g/mol. The molecule has 5 heterocycles. The second-order valence-electron chi connectivity index (χ2n) is 15.5. The molecule has 0 saturated carbocycles. The number of hydrogen-bond donors (Lipinski definition) is 0. The number of fused-ring (bicyclic) bond motifs is 11. The maximum atomic E-state index is 6.67. The summed E-state index contributed by atoms with van der Waals surface area (Å²) >= 11 is 0. The van der Waals surface area contributed by atoms with Gasteiger partial charge in [0, 0.05) is 56.8 Å². The van der Waals surface area contributed by atoms with Gasteiger partial charge in [0.15, 0.2) is 5.58 Å². The Morgan fingerprint density at radius 1 is 0.328 bits per heavy atom. The highest BCUT2D eigenvalue weighted by Gasteiger charge is 2.22. The molecule has 0 saturated heterocycles. The van der Waals surface area contributed by atoms with Crippen LogP contribution in [0.25, 0.3) is 87.6 Å². The third kappa shape index (κ3) is 5.38. The summed E-state index contributed by atoms with van der Waals surface area (Å²) in [6, 6.07) is 64.9. The van der Waals surface area contributed by atoms with Gasteiger partial charge in [0.05, 0.1) is 23.0 Å². The SMILES string of the molecule is c1ccc2cc(N(c3ccc4c(c3)oc3ccccc34)c3cnc4c(c3)oc3nc(N(c5ccc6ccccc6c5)c5ccc6c(c5)oc5ccccc56)ccc34)ccc2c1. The standard InChI is InChI=1S/C54H32N4O3/c1-3-11-35-27-37(19-17-33(35)9-1)57(39-21-23-44-42-13-5-7-15-47(42)59-49(44)29-39)41-31-51-53(55-32-41)46-25-26-52(56-54(46)61-51)58(38-20-18-34-10-2-4-12-36(34)28-38)40-22-24-45-43-14-6-8-16-48(43)60-50(45)30-40/h1-32H. The average Bonchev–Trinajstić information content (AvgIpc) is 3.99. The van der Waals surface area contributed by atoms with E-state index in [1.54, 1.807) is 0 Å². The lowest BCUT2D eigenvalue weighted by Gasteiger charge is -2.25. The van der Waals surface area contributed by atoms with E-state index in [-0.39, 0.29) is 0 Å². The molecular formula is C54H32N4O3. The van der Waals surface area contributed by atoms with E-state index < -0.39 is 0 Å². The predicted octanol–water partition coefficient (Wildman–Crippen LogP) is 15.4. The largest absolute Gasteiger partial charge is 0.456 e. The molecule has 0 aliphatic heterocycles. The highest BCUT2D eigenvalue weighted by molar-refractivity contribution is 6.08. The Morgan fingerprint density at radius 3 is 1.44 bits per heavy atom. The number of furan rings is 3. The first-order chi connectivity index (χ1) is 30.2. The van der Waals surface area contributed by atoms with Crippen molar-refractivity contribution in [3.8, 4) is 0 Å². The van der Waals surface area contributed by atoms with Gasteiger partial charge in [-0.2, -0.15) is 4.98 Å². The van der Waals surface area contributed by atoms with Gasteiger partial charge in [-0.05, 0) is 94.3 Å².